The largest absolute Gasteiger partial charge is 0.508 e. The topological polar surface area (TPSA) is 224 Å². The van der Waals surface area contributed by atoms with Crippen LogP contribution in [0.15, 0.2) is 54.7 Å². The van der Waals surface area contributed by atoms with Gasteiger partial charge in [0.25, 0.3) is 0 Å². The maximum Gasteiger partial charge on any atom is 0.326 e. The lowest BCUT2D eigenvalue weighted by Crippen LogP contribution is -2.58. The highest BCUT2D eigenvalue weighted by Crippen LogP contribution is 2.20. The Kier molecular flexibility index (Phi) is 11.2. The van der Waals surface area contributed by atoms with E-state index in [2.05, 4.69) is 20.9 Å². The molecular weight excluding hydrogens is 558 g/mol. The van der Waals surface area contributed by atoms with Gasteiger partial charge in [0.2, 0.25) is 17.7 Å². The lowest BCUT2D eigenvalue weighted by atomic mass is 10.0. The van der Waals surface area contributed by atoms with Crippen LogP contribution >= 0.6 is 0 Å². The quantitative estimate of drug-likeness (QED) is 0.125. The Morgan fingerprint density at radius 3 is 2.09 bits per heavy atom. The normalized spacial score (nSPS) is 14.0. The maximum atomic E-state index is 13.5. The number of aromatic nitrogens is 1. The monoisotopic (exact) mass is 595 g/mol. The number of hydrogen-bond acceptors (Lipinski definition) is 7. The maximum absolute atomic E-state index is 13.5. The highest BCUT2D eigenvalue weighted by Gasteiger charge is 2.32. The van der Waals surface area contributed by atoms with Gasteiger partial charge in [-0.25, -0.2) is 4.79 Å². The van der Waals surface area contributed by atoms with Crippen LogP contribution in [0.1, 0.15) is 37.8 Å². The van der Waals surface area contributed by atoms with Crippen molar-refractivity contribution in [2.45, 2.75) is 63.7 Å². The smallest absolute Gasteiger partial charge is 0.326 e. The van der Waals surface area contributed by atoms with Gasteiger partial charge in [-0.2, -0.15) is 0 Å². The summed E-state index contributed by atoms with van der Waals surface area (Å²) in [4.78, 5) is 66.0. The molecule has 0 radical (unpaired) electrons. The second-order valence-electron chi connectivity index (χ2n) is 10.7. The molecule has 13 heteroatoms. The van der Waals surface area contributed by atoms with Crippen molar-refractivity contribution in [3.05, 3.63) is 65.9 Å². The molecule has 0 aliphatic heterocycles. The number of phenols is 1. The molecule has 4 atom stereocenters. The second kappa shape index (κ2) is 14.8. The highest BCUT2D eigenvalue weighted by atomic mass is 16.4. The second-order valence-corrected chi connectivity index (χ2v) is 10.7. The van der Waals surface area contributed by atoms with Crippen molar-refractivity contribution in [1.29, 1.82) is 0 Å². The molecule has 1 heterocycles. The van der Waals surface area contributed by atoms with Gasteiger partial charge in [-0.05, 0) is 48.1 Å². The minimum atomic E-state index is -1.35. The van der Waals surface area contributed by atoms with Gasteiger partial charge < -0.3 is 42.0 Å². The van der Waals surface area contributed by atoms with Crippen LogP contribution in [0.25, 0.3) is 10.9 Å². The van der Waals surface area contributed by atoms with Crippen LogP contribution < -0.4 is 21.7 Å². The lowest BCUT2D eigenvalue weighted by molar-refractivity contribution is -0.143. The average molecular weight is 596 g/mol. The molecule has 1 aromatic heterocycles. The molecule has 0 bridgehead atoms. The van der Waals surface area contributed by atoms with Gasteiger partial charge in [0.1, 0.15) is 23.9 Å². The molecule has 0 saturated carbocycles. The fraction of sp³-hybridized carbons (Fsp3) is 0.367. The third-order valence-corrected chi connectivity index (χ3v) is 6.97. The molecule has 2 aromatic carbocycles. The molecule has 43 heavy (non-hydrogen) atoms. The molecular formula is C30H37N5O8. The Morgan fingerprint density at radius 2 is 1.47 bits per heavy atom. The van der Waals surface area contributed by atoms with E-state index in [9.17, 15) is 39.3 Å². The van der Waals surface area contributed by atoms with Crippen molar-refractivity contribution in [3.8, 4) is 5.75 Å². The zero-order chi connectivity index (χ0) is 31.7. The van der Waals surface area contributed by atoms with Crippen molar-refractivity contribution in [3.63, 3.8) is 0 Å². The molecule has 3 amide bonds. The molecule has 0 spiro atoms. The molecule has 4 unspecified atom stereocenters. The molecule has 3 aromatic rings. The molecule has 9 N–H and O–H groups in total. The first-order valence-corrected chi connectivity index (χ1v) is 13.8. The summed E-state index contributed by atoms with van der Waals surface area (Å²) >= 11 is 0. The third kappa shape index (κ3) is 9.30. The summed E-state index contributed by atoms with van der Waals surface area (Å²) in [6, 6.07) is 8.43. The van der Waals surface area contributed by atoms with Crippen LogP contribution in [0.2, 0.25) is 0 Å². The fourth-order valence-electron chi connectivity index (χ4n) is 4.56. The van der Waals surface area contributed by atoms with E-state index in [1.165, 1.54) is 12.1 Å². The van der Waals surface area contributed by atoms with Crippen molar-refractivity contribution in [2.24, 2.45) is 11.7 Å². The van der Waals surface area contributed by atoms with E-state index < -0.39 is 66.2 Å². The summed E-state index contributed by atoms with van der Waals surface area (Å²) in [6.45, 7) is 3.26. The molecule has 13 nitrogen and oxygen atoms in total. The molecule has 3 rings (SSSR count). The Labute approximate surface area is 247 Å². The number of fused-ring (bicyclic) bond motifs is 1. The van der Waals surface area contributed by atoms with Gasteiger partial charge in [-0.15, -0.1) is 0 Å². The number of nitrogens with two attached hydrogens (primary N) is 1. The van der Waals surface area contributed by atoms with Crippen LogP contribution in [0.5, 0.6) is 5.75 Å². The number of amides is 3. The molecule has 0 aliphatic carbocycles. The number of para-hydroxylation sites is 1. The number of carbonyl (C=O) groups excluding carboxylic acids is 3. The minimum Gasteiger partial charge on any atom is -0.508 e. The van der Waals surface area contributed by atoms with Crippen molar-refractivity contribution >= 4 is 40.6 Å². The summed E-state index contributed by atoms with van der Waals surface area (Å²) in [7, 11) is 0. The number of carboxylic acid groups (broad SMARTS) is 2. The number of carboxylic acids is 2. The Hall–Kier alpha value is -4.91. The Bertz CT molecular complexity index is 1450. The summed E-state index contributed by atoms with van der Waals surface area (Å²) in [5, 5.41) is 36.7. The summed E-state index contributed by atoms with van der Waals surface area (Å²) in [5.74, 6) is -5.16. The summed E-state index contributed by atoms with van der Waals surface area (Å²) in [5.41, 5.74) is 8.17. The zero-order valence-corrected chi connectivity index (χ0v) is 23.9. The Balaban J connectivity index is 1.83. The number of phenolic OH excluding ortho intramolecular Hbond substituents is 1. The van der Waals surface area contributed by atoms with E-state index in [0.717, 1.165) is 10.9 Å². The number of carbonyl (C=O) groups is 5. The van der Waals surface area contributed by atoms with Gasteiger partial charge in [-0.1, -0.05) is 44.2 Å². The van der Waals surface area contributed by atoms with Crippen LogP contribution in [0.4, 0.5) is 0 Å². The van der Waals surface area contributed by atoms with E-state index in [0.29, 0.717) is 11.1 Å². The van der Waals surface area contributed by atoms with Gasteiger partial charge in [0, 0.05) is 29.9 Å². The fourth-order valence-corrected chi connectivity index (χ4v) is 4.56. The summed E-state index contributed by atoms with van der Waals surface area (Å²) < 4.78 is 0. The molecule has 230 valence electrons. The van der Waals surface area contributed by atoms with Crippen LogP contribution in [0.3, 0.4) is 0 Å². The first kappa shape index (κ1) is 32.6. The average Bonchev–Trinajstić information content (AvgIpc) is 3.36. The van der Waals surface area contributed by atoms with E-state index in [-0.39, 0.29) is 25.0 Å². The molecule has 0 aliphatic rings. The van der Waals surface area contributed by atoms with Crippen molar-refractivity contribution in [2.75, 3.05) is 0 Å². The van der Waals surface area contributed by atoms with E-state index in [1.807, 2.05) is 24.3 Å². The lowest BCUT2D eigenvalue weighted by Gasteiger charge is -2.26. The van der Waals surface area contributed by atoms with Gasteiger partial charge in [0.05, 0.1) is 6.04 Å². The highest BCUT2D eigenvalue weighted by molar-refractivity contribution is 5.95. The first-order valence-electron chi connectivity index (χ1n) is 13.8. The van der Waals surface area contributed by atoms with E-state index in [1.54, 1.807) is 32.2 Å². The van der Waals surface area contributed by atoms with Crippen LogP contribution in [-0.2, 0) is 36.8 Å². The molecule has 0 saturated heterocycles. The SMILES string of the molecule is CC(C)C(NC(=O)C(Cc1c[nH]c2ccccc12)NC(=O)C(CCC(=O)O)NC(=O)C(N)Cc1ccc(O)cc1)C(=O)O. The first-order chi connectivity index (χ1) is 20.3. The van der Waals surface area contributed by atoms with Gasteiger partial charge in [-0.3, -0.25) is 19.2 Å². The summed E-state index contributed by atoms with van der Waals surface area (Å²) in [6.07, 6.45) is 0.992. The standard InChI is InChI=1S/C30H37N5O8/c1-16(2)26(30(42)43)35-29(41)24(14-18-15-32-22-6-4-3-5-20(18)22)34-28(40)23(11-12-25(37)38)33-27(39)21(31)13-17-7-9-19(36)10-8-17/h3-10,15-16,21,23-24,26,32,36H,11-14,31H2,1-2H3,(H,33,39)(H,34,40)(H,35,41)(H,37,38)(H,42,43). The van der Waals surface area contributed by atoms with Crippen LogP contribution in [0, 0.1) is 5.92 Å². The number of aliphatic carboxylic acids is 2. The third-order valence-electron chi connectivity index (χ3n) is 6.97. The minimum absolute atomic E-state index is 0.0218. The van der Waals surface area contributed by atoms with E-state index >= 15 is 0 Å². The number of aromatic amines is 1. The predicted molar refractivity (Wildman–Crippen MR) is 157 cm³/mol. The Morgan fingerprint density at radius 1 is 0.837 bits per heavy atom. The van der Waals surface area contributed by atoms with Gasteiger partial charge in [0.15, 0.2) is 0 Å². The number of aromatic hydroxyl groups is 1. The number of H-pyrrole nitrogens is 1. The predicted octanol–water partition coefficient (Wildman–Crippen LogP) is 1.05. The number of hydrogen-bond donors (Lipinski definition) is 8. The van der Waals surface area contributed by atoms with Crippen molar-refractivity contribution < 1.29 is 39.3 Å². The number of benzene rings is 2. The van der Waals surface area contributed by atoms with Crippen molar-refractivity contribution in [1.82, 2.24) is 20.9 Å². The van der Waals surface area contributed by atoms with E-state index in [4.69, 9.17) is 5.73 Å². The zero-order valence-electron chi connectivity index (χ0n) is 23.9. The number of rotatable bonds is 15. The van der Waals surface area contributed by atoms with Gasteiger partial charge >= 0.3 is 11.9 Å². The molecule has 0 fully saturated rings. The number of nitrogens with one attached hydrogen (secondary N) is 4. The van der Waals surface area contributed by atoms with Crippen LogP contribution in [-0.4, -0.2) is 74.1 Å².